The fourth-order valence-corrected chi connectivity index (χ4v) is 2.48. The van der Waals surface area contributed by atoms with Crippen LogP contribution in [0.3, 0.4) is 0 Å². The minimum absolute atomic E-state index is 0. The zero-order chi connectivity index (χ0) is 14.8. The average Bonchev–Trinajstić information content (AvgIpc) is 2.46. The molecule has 2 rings (SSSR count). The van der Waals surface area contributed by atoms with Crippen LogP contribution in [0.25, 0.3) is 0 Å². The largest absolute Gasteiger partial charge is 0.496 e. The second-order valence-electron chi connectivity index (χ2n) is 6.21. The zero-order valence-electron chi connectivity index (χ0n) is 13.6. The molecule has 1 aliphatic heterocycles. The van der Waals surface area contributed by atoms with Crippen molar-refractivity contribution >= 4 is 30.7 Å². The van der Waals surface area contributed by atoms with E-state index in [1.165, 1.54) is 0 Å². The Bertz CT molecular complexity index is 495. The lowest BCUT2D eigenvalue weighted by molar-refractivity contribution is 0.0735. The molecular formula is C16H26Cl2N2O2. The van der Waals surface area contributed by atoms with Crippen molar-refractivity contribution in [2.75, 3.05) is 33.3 Å². The van der Waals surface area contributed by atoms with Gasteiger partial charge < -0.3 is 15.0 Å². The van der Waals surface area contributed by atoms with E-state index in [2.05, 4.69) is 26.1 Å². The molecule has 0 saturated carbocycles. The Morgan fingerprint density at radius 1 is 1.18 bits per heavy atom. The molecule has 0 spiro atoms. The number of carbonyl (C=O) groups is 1. The molecular weight excluding hydrogens is 323 g/mol. The van der Waals surface area contributed by atoms with E-state index in [-0.39, 0.29) is 36.1 Å². The van der Waals surface area contributed by atoms with E-state index >= 15 is 0 Å². The molecule has 126 valence electrons. The maximum Gasteiger partial charge on any atom is 0.253 e. The van der Waals surface area contributed by atoms with Gasteiger partial charge in [-0.25, -0.2) is 0 Å². The zero-order valence-corrected chi connectivity index (χ0v) is 15.3. The molecule has 0 atom stereocenters. The Balaban J connectivity index is 0.00000220. The van der Waals surface area contributed by atoms with Crippen LogP contribution in [-0.4, -0.2) is 44.1 Å². The van der Waals surface area contributed by atoms with E-state index in [0.717, 1.165) is 43.1 Å². The summed E-state index contributed by atoms with van der Waals surface area (Å²) in [5, 5.41) is 3.26. The molecule has 0 aromatic heterocycles. The Morgan fingerprint density at radius 2 is 1.77 bits per heavy atom. The van der Waals surface area contributed by atoms with Gasteiger partial charge >= 0.3 is 0 Å². The van der Waals surface area contributed by atoms with Crippen molar-refractivity contribution < 1.29 is 9.53 Å². The summed E-state index contributed by atoms with van der Waals surface area (Å²) >= 11 is 0. The number of nitrogens with zero attached hydrogens (tertiary/aromatic N) is 1. The third-order valence-corrected chi connectivity index (χ3v) is 3.66. The van der Waals surface area contributed by atoms with Crippen LogP contribution in [0.4, 0.5) is 0 Å². The van der Waals surface area contributed by atoms with Gasteiger partial charge in [-0.1, -0.05) is 20.8 Å². The Labute approximate surface area is 145 Å². The second-order valence-corrected chi connectivity index (χ2v) is 6.21. The van der Waals surface area contributed by atoms with Gasteiger partial charge in [0.05, 0.1) is 7.11 Å². The molecule has 1 aromatic carbocycles. The van der Waals surface area contributed by atoms with Crippen LogP contribution in [0, 0.1) is 0 Å². The maximum atomic E-state index is 12.5. The van der Waals surface area contributed by atoms with Crippen molar-refractivity contribution in [1.82, 2.24) is 10.2 Å². The van der Waals surface area contributed by atoms with Gasteiger partial charge in [-0.05, 0) is 23.6 Å². The van der Waals surface area contributed by atoms with Gasteiger partial charge in [-0.3, -0.25) is 4.79 Å². The summed E-state index contributed by atoms with van der Waals surface area (Å²) in [5.74, 6) is 0.953. The first kappa shape index (κ1) is 21.0. The van der Waals surface area contributed by atoms with Crippen LogP contribution in [0.15, 0.2) is 18.2 Å². The molecule has 1 aromatic rings. The van der Waals surface area contributed by atoms with Crippen LogP contribution in [0.1, 0.15) is 36.7 Å². The fraction of sp³-hybridized carbons (Fsp3) is 0.562. The van der Waals surface area contributed by atoms with Gasteiger partial charge in [0, 0.05) is 37.3 Å². The monoisotopic (exact) mass is 348 g/mol. The highest BCUT2D eigenvalue weighted by molar-refractivity contribution is 5.94. The number of nitrogens with one attached hydrogen (secondary N) is 1. The Morgan fingerprint density at radius 3 is 2.27 bits per heavy atom. The van der Waals surface area contributed by atoms with E-state index in [4.69, 9.17) is 4.74 Å². The number of benzene rings is 1. The van der Waals surface area contributed by atoms with E-state index in [0.29, 0.717) is 0 Å². The number of ether oxygens (including phenoxy) is 1. The van der Waals surface area contributed by atoms with Gasteiger partial charge in [0.25, 0.3) is 5.91 Å². The number of hydrogen-bond donors (Lipinski definition) is 1. The fourth-order valence-electron chi connectivity index (χ4n) is 2.48. The maximum absolute atomic E-state index is 12.5. The molecule has 4 nitrogen and oxygen atoms in total. The molecule has 0 radical (unpaired) electrons. The van der Waals surface area contributed by atoms with Crippen molar-refractivity contribution in [1.29, 1.82) is 0 Å². The molecule has 1 saturated heterocycles. The molecule has 6 heteroatoms. The first-order valence-corrected chi connectivity index (χ1v) is 7.12. The Hall–Kier alpha value is -0.970. The second kappa shape index (κ2) is 8.61. The van der Waals surface area contributed by atoms with Crippen LogP contribution in [-0.2, 0) is 5.41 Å². The number of methoxy groups -OCH3 is 1. The third kappa shape index (κ3) is 4.77. The predicted octanol–water partition coefficient (Wildman–Crippen LogP) is 2.88. The van der Waals surface area contributed by atoms with E-state index in [1.54, 1.807) is 7.11 Å². The lowest BCUT2D eigenvalue weighted by Gasteiger charge is -2.28. The first-order valence-electron chi connectivity index (χ1n) is 7.12. The van der Waals surface area contributed by atoms with Gasteiger partial charge in [0.15, 0.2) is 0 Å². The minimum atomic E-state index is -0.0505. The van der Waals surface area contributed by atoms with Crippen LogP contribution in [0.2, 0.25) is 0 Å². The summed E-state index contributed by atoms with van der Waals surface area (Å²) in [6.07, 6.45) is 0. The molecule has 1 fully saturated rings. The van der Waals surface area contributed by atoms with E-state index in [1.807, 2.05) is 23.1 Å². The van der Waals surface area contributed by atoms with Crippen molar-refractivity contribution in [3.05, 3.63) is 29.3 Å². The highest BCUT2D eigenvalue weighted by Gasteiger charge is 2.23. The summed E-state index contributed by atoms with van der Waals surface area (Å²) < 4.78 is 5.42. The number of rotatable bonds is 2. The number of hydrogen-bond acceptors (Lipinski definition) is 3. The minimum Gasteiger partial charge on any atom is -0.496 e. The van der Waals surface area contributed by atoms with E-state index in [9.17, 15) is 4.79 Å². The highest BCUT2D eigenvalue weighted by atomic mass is 35.5. The number of halogens is 2. The number of amides is 1. The predicted molar refractivity (Wildman–Crippen MR) is 95.0 cm³/mol. The molecule has 0 unspecified atom stereocenters. The lowest BCUT2D eigenvalue weighted by Crippen LogP contribution is -2.46. The normalized spacial score (nSPS) is 14.6. The van der Waals surface area contributed by atoms with Crippen LogP contribution < -0.4 is 10.1 Å². The highest BCUT2D eigenvalue weighted by Crippen LogP contribution is 2.32. The van der Waals surface area contributed by atoms with Gasteiger partial charge in [-0.15, -0.1) is 24.8 Å². The topological polar surface area (TPSA) is 41.6 Å². The van der Waals surface area contributed by atoms with Crippen molar-refractivity contribution in [3.63, 3.8) is 0 Å². The van der Waals surface area contributed by atoms with Crippen LogP contribution >= 0.6 is 24.8 Å². The van der Waals surface area contributed by atoms with Crippen LogP contribution in [0.5, 0.6) is 5.75 Å². The third-order valence-electron chi connectivity index (χ3n) is 3.66. The number of piperazine rings is 1. The standard InChI is InChI=1S/C16H24N2O2.2ClH/c1-16(2,3)13-11-12(5-6-14(13)20-4)15(19)18-9-7-17-8-10-18;;/h5-6,11,17H,7-10H2,1-4H3;2*1H. The molecule has 1 amide bonds. The van der Waals surface area contributed by atoms with Crippen molar-refractivity contribution in [2.45, 2.75) is 26.2 Å². The molecule has 1 heterocycles. The lowest BCUT2D eigenvalue weighted by atomic mass is 9.85. The summed E-state index contributed by atoms with van der Waals surface area (Å²) in [6.45, 7) is 9.67. The Kier molecular flexibility index (Phi) is 8.23. The van der Waals surface area contributed by atoms with Gasteiger partial charge in [0.1, 0.15) is 5.75 Å². The van der Waals surface area contributed by atoms with E-state index < -0.39 is 0 Å². The van der Waals surface area contributed by atoms with Crippen molar-refractivity contribution in [3.8, 4) is 5.75 Å². The number of carbonyl (C=O) groups excluding carboxylic acids is 1. The summed E-state index contributed by atoms with van der Waals surface area (Å²) in [5.41, 5.74) is 1.77. The molecule has 22 heavy (non-hydrogen) atoms. The molecule has 0 aliphatic carbocycles. The van der Waals surface area contributed by atoms with Gasteiger partial charge in [0.2, 0.25) is 0 Å². The smallest absolute Gasteiger partial charge is 0.253 e. The molecule has 0 bridgehead atoms. The summed E-state index contributed by atoms with van der Waals surface area (Å²) in [6, 6.07) is 5.73. The van der Waals surface area contributed by atoms with Gasteiger partial charge in [-0.2, -0.15) is 0 Å². The summed E-state index contributed by atoms with van der Waals surface area (Å²) in [4.78, 5) is 14.4. The first-order chi connectivity index (χ1) is 9.43. The molecule has 1 aliphatic rings. The average molecular weight is 349 g/mol. The molecule has 1 N–H and O–H groups in total. The quantitative estimate of drug-likeness (QED) is 0.893. The van der Waals surface area contributed by atoms with Crippen molar-refractivity contribution in [2.24, 2.45) is 0 Å². The summed E-state index contributed by atoms with van der Waals surface area (Å²) in [7, 11) is 1.67. The SMILES string of the molecule is COc1ccc(C(=O)N2CCNCC2)cc1C(C)(C)C.Cl.Cl.